The first-order valence-corrected chi connectivity index (χ1v) is 11.1. The normalized spacial score (nSPS) is 13.5. The summed E-state index contributed by atoms with van der Waals surface area (Å²) >= 11 is 0. The first kappa shape index (κ1) is 21.0. The van der Waals surface area contributed by atoms with Crippen molar-refractivity contribution >= 4 is 26.6 Å². The standard InChI is InChI=1S/C21H25N3O4S/c1-21(2,17-7-5-4-6-16(17)20(22)26)11-15(25)10-14-8-13-9-19(29(3,27)28)23-12-18(13)24-14/h4-9,12,15,24-25H,10-11H2,1-3H3,(H2,22,26). The molecule has 1 amide bonds. The van der Waals surface area contributed by atoms with Gasteiger partial charge in [0.1, 0.15) is 0 Å². The van der Waals surface area contributed by atoms with Crippen LogP contribution >= 0.6 is 0 Å². The Morgan fingerprint density at radius 2 is 1.97 bits per heavy atom. The van der Waals surface area contributed by atoms with Crippen LogP contribution in [0.3, 0.4) is 0 Å². The fraction of sp³-hybridized carbons (Fsp3) is 0.333. The van der Waals surface area contributed by atoms with E-state index in [-0.39, 0.29) is 5.03 Å². The number of aromatic nitrogens is 2. The number of hydrogen-bond acceptors (Lipinski definition) is 5. The smallest absolute Gasteiger partial charge is 0.248 e. The van der Waals surface area contributed by atoms with Gasteiger partial charge in [0, 0.05) is 29.3 Å². The Kier molecular flexibility index (Phi) is 5.51. The first-order chi connectivity index (χ1) is 13.5. The van der Waals surface area contributed by atoms with Crippen molar-refractivity contribution in [2.45, 2.75) is 43.2 Å². The molecule has 2 heterocycles. The number of pyridine rings is 1. The zero-order chi connectivity index (χ0) is 21.4. The molecule has 0 spiro atoms. The lowest BCUT2D eigenvalue weighted by atomic mass is 9.77. The molecule has 3 rings (SSSR count). The number of aromatic amines is 1. The highest BCUT2D eigenvalue weighted by molar-refractivity contribution is 7.90. The van der Waals surface area contributed by atoms with E-state index in [0.29, 0.717) is 23.9 Å². The molecule has 154 valence electrons. The number of fused-ring (bicyclic) bond motifs is 1. The number of aliphatic hydroxyl groups is 1. The van der Waals surface area contributed by atoms with Crippen LogP contribution < -0.4 is 5.73 Å². The molecule has 0 aliphatic heterocycles. The van der Waals surface area contributed by atoms with E-state index in [1.54, 1.807) is 12.1 Å². The van der Waals surface area contributed by atoms with Crippen molar-refractivity contribution in [1.29, 1.82) is 0 Å². The Balaban J connectivity index is 1.80. The minimum atomic E-state index is -3.39. The summed E-state index contributed by atoms with van der Waals surface area (Å²) < 4.78 is 23.4. The summed E-state index contributed by atoms with van der Waals surface area (Å²) in [5, 5.41) is 11.4. The lowest BCUT2D eigenvalue weighted by Gasteiger charge is -2.29. The monoisotopic (exact) mass is 415 g/mol. The molecule has 3 aromatic rings. The molecule has 4 N–H and O–H groups in total. The number of sulfone groups is 1. The van der Waals surface area contributed by atoms with Crippen molar-refractivity contribution in [3.05, 3.63) is 59.4 Å². The van der Waals surface area contributed by atoms with Gasteiger partial charge in [-0.05, 0) is 35.6 Å². The summed E-state index contributed by atoms with van der Waals surface area (Å²) in [5.41, 5.74) is 7.76. The van der Waals surface area contributed by atoms with Crippen molar-refractivity contribution in [3.63, 3.8) is 0 Å². The number of H-pyrrole nitrogens is 1. The zero-order valence-corrected chi connectivity index (χ0v) is 17.5. The summed E-state index contributed by atoms with van der Waals surface area (Å²) in [5.74, 6) is -0.493. The third-order valence-corrected chi connectivity index (χ3v) is 6.02. The van der Waals surface area contributed by atoms with Crippen molar-refractivity contribution < 1.29 is 18.3 Å². The average Bonchev–Trinajstić information content (AvgIpc) is 3.01. The van der Waals surface area contributed by atoms with E-state index in [9.17, 15) is 18.3 Å². The van der Waals surface area contributed by atoms with Gasteiger partial charge in [0.05, 0.1) is 17.8 Å². The van der Waals surface area contributed by atoms with Crippen LogP contribution in [0.25, 0.3) is 10.9 Å². The molecule has 2 aromatic heterocycles. The SMILES string of the molecule is CC(C)(CC(O)Cc1cc2cc(S(C)(=O)=O)ncc2[nH]1)c1ccccc1C(N)=O. The summed E-state index contributed by atoms with van der Waals surface area (Å²) in [6.45, 7) is 3.93. The maximum atomic E-state index is 11.7. The Hall–Kier alpha value is -2.71. The zero-order valence-electron chi connectivity index (χ0n) is 16.6. The molecule has 0 aliphatic carbocycles. The van der Waals surface area contributed by atoms with Crippen molar-refractivity contribution in [2.75, 3.05) is 6.26 Å². The van der Waals surface area contributed by atoms with E-state index in [1.165, 1.54) is 12.3 Å². The largest absolute Gasteiger partial charge is 0.393 e. The predicted molar refractivity (Wildman–Crippen MR) is 112 cm³/mol. The third kappa shape index (κ3) is 4.65. The highest BCUT2D eigenvalue weighted by Gasteiger charge is 2.28. The van der Waals surface area contributed by atoms with Crippen LogP contribution in [-0.2, 0) is 21.7 Å². The second kappa shape index (κ2) is 7.61. The van der Waals surface area contributed by atoms with Gasteiger partial charge in [-0.25, -0.2) is 13.4 Å². The molecule has 0 bridgehead atoms. The molecule has 0 saturated heterocycles. The second-order valence-corrected chi connectivity index (χ2v) is 9.99. The number of nitrogens with two attached hydrogens (primary N) is 1. The Morgan fingerprint density at radius 1 is 1.28 bits per heavy atom. The van der Waals surface area contributed by atoms with Crippen molar-refractivity contribution in [2.24, 2.45) is 5.73 Å². The Labute approximate surface area is 169 Å². The van der Waals surface area contributed by atoms with E-state index in [2.05, 4.69) is 9.97 Å². The third-order valence-electron chi connectivity index (χ3n) is 5.04. The average molecular weight is 416 g/mol. The number of carbonyl (C=O) groups excluding carboxylic acids is 1. The van der Waals surface area contributed by atoms with Gasteiger partial charge in [0.25, 0.3) is 0 Å². The molecule has 7 nitrogen and oxygen atoms in total. The number of amides is 1. The van der Waals surface area contributed by atoms with Crippen molar-refractivity contribution in [3.8, 4) is 0 Å². The Morgan fingerprint density at radius 3 is 2.62 bits per heavy atom. The summed E-state index contributed by atoms with van der Waals surface area (Å²) in [6, 6.07) is 10.5. The van der Waals surface area contributed by atoms with Gasteiger partial charge in [0.15, 0.2) is 14.9 Å². The number of nitrogens with zero attached hydrogens (tertiary/aromatic N) is 1. The maximum absolute atomic E-state index is 11.7. The van der Waals surface area contributed by atoms with E-state index >= 15 is 0 Å². The molecule has 0 aliphatic rings. The first-order valence-electron chi connectivity index (χ1n) is 9.22. The Bertz CT molecular complexity index is 1170. The lowest BCUT2D eigenvalue weighted by Crippen LogP contribution is -2.29. The van der Waals surface area contributed by atoms with Gasteiger partial charge in [-0.1, -0.05) is 32.0 Å². The van der Waals surface area contributed by atoms with E-state index in [1.807, 2.05) is 32.0 Å². The topological polar surface area (TPSA) is 126 Å². The quantitative estimate of drug-likeness (QED) is 0.546. The summed E-state index contributed by atoms with van der Waals surface area (Å²) in [7, 11) is -3.39. The molecular formula is C21H25N3O4S. The molecule has 0 radical (unpaired) electrons. The van der Waals surface area contributed by atoms with Crippen LogP contribution in [-0.4, -0.2) is 41.8 Å². The lowest BCUT2D eigenvalue weighted by molar-refractivity contribution is 0.0994. The fourth-order valence-corrected chi connectivity index (χ4v) is 4.28. The van der Waals surface area contributed by atoms with Gasteiger partial charge in [-0.2, -0.15) is 0 Å². The number of aliphatic hydroxyl groups excluding tert-OH is 1. The van der Waals surface area contributed by atoms with Gasteiger partial charge in [0.2, 0.25) is 5.91 Å². The van der Waals surface area contributed by atoms with E-state index < -0.39 is 27.3 Å². The molecule has 0 fully saturated rings. The highest BCUT2D eigenvalue weighted by atomic mass is 32.2. The van der Waals surface area contributed by atoms with Crippen LogP contribution in [0.5, 0.6) is 0 Å². The van der Waals surface area contributed by atoms with Gasteiger partial charge >= 0.3 is 0 Å². The predicted octanol–water partition coefficient (Wildman–Crippen LogP) is 2.34. The van der Waals surface area contributed by atoms with Crippen LogP contribution in [0, 0.1) is 0 Å². The van der Waals surface area contributed by atoms with Gasteiger partial charge < -0.3 is 15.8 Å². The number of rotatable bonds is 7. The van der Waals surface area contributed by atoms with Gasteiger partial charge in [-0.15, -0.1) is 0 Å². The summed E-state index contributed by atoms with van der Waals surface area (Å²) in [4.78, 5) is 18.9. The minimum absolute atomic E-state index is 0.0142. The minimum Gasteiger partial charge on any atom is -0.393 e. The molecular weight excluding hydrogens is 390 g/mol. The van der Waals surface area contributed by atoms with E-state index in [0.717, 1.165) is 22.9 Å². The second-order valence-electron chi connectivity index (χ2n) is 8.03. The fourth-order valence-electron chi connectivity index (χ4n) is 3.70. The number of primary amides is 1. The number of nitrogens with one attached hydrogen (secondary N) is 1. The van der Waals surface area contributed by atoms with Crippen molar-refractivity contribution in [1.82, 2.24) is 9.97 Å². The van der Waals surface area contributed by atoms with E-state index in [4.69, 9.17) is 5.73 Å². The molecule has 1 aromatic carbocycles. The maximum Gasteiger partial charge on any atom is 0.248 e. The van der Waals surface area contributed by atoms with Crippen LogP contribution in [0.15, 0.2) is 47.6 Å². The van der Waals surface area contributed by atoms with Crippen LogP contribution in [0.1, 0.15) is 41.9 Å². The van der Waals surface area contributed by atoms with Gasteiger partial charge in [-0.3, -0.25) is 4.79 Å². The summed E-state index contributed by atoms with van der Waals surface area (Å²) in [6.07, 6.45) is 2.69. The molecule has 1 atom stereocenters. The molecule has 29 heavy (non-hydrogen) atoms. The highest BCUT2D eigenvalue weighted by Crippen LogP contribution is 2.32. The molecule has 1 unspecified atom stereocenters. The molecule has 0 saturated carbocycles. The van der Waals surface area contributed by atoms with Crippen LogP contribution in [0.4, 0.5) is 0 Å². The number of hydrogen-bond donors (Lipinski definition) is 3. The number of benzene rings is 1. The van der Waals surface area contributed by atoms with Crippen LogP contribution in [0.2, 0.25) is 0 Å². The molecule has 8 heteroatoms. The number of carbonyl (C=O) groups is 1.